The number of aryl methyl sites for hydroxylation is 1. The molecule has 0 spiro atoms. The SMILES string of the molecule is COc1cc2c(C)c(C#N)cnc2cc1OC[NH-].[Rb+].[Rb+]. The zero-order valence-electron chi connectivity index (χ0n) is 12.2. The van der Waals surface area contributed by atoms with Crippen LogP contribution in [0.1, 0.15) is 11.1 Å². The van der Waals surface area contributed by atoms with E-state index in [1.807, 2.05) is 6.92 Å². The third-order valence-corrected chi connectivity index (χ3v) is 2.77. The molecule has 0 unspecified atom stereocenters. The van der Waals surface area contributed by atoms with Gasteiger partial charge in [0.05, 0.1) is 18.2 Å². The fourth-order valence-electron chi connectivity index (χ4n) is 1.80. The van der Waals surface area contributed by atoms with E-state index in [1.54, 1.807) is 12.1 Å². The van der Waals surface area contributed by atoms with Gasteiger partial charge in [0.15, 0.2) is 11.5 Å². The second-order valence-corrected chi connectivity index (χ2v) is 3.72. The van der Waals surface area contributed by atoms with Crippen molar-refractivity contribution >= 4 is 10.9 Å². The molecule has 0 saturated heterocycles. The number of aromatic nitrogens is 1. The van der Waals surface area contributed by atoms with Gasteiger partial charge < -0.3 is 15.2 Å². The number of benzene rings is 1. The summed E-state index contributed by atoms with van der Waals surface area (Å²) in [5, 5.41) is 9.82. The summed E-state index contributed by atoms with van der Waals surface area (Å²) in [6.07, 6.45) is 1.54. The van der Waals surface area contributed by atoms with Crippen molar-refractivity contribution < 1.29 is 126 Å². The maximum absolute atomic E-state index is 8.97. The van der Waals surface area contributed by atoms with Crippen molar-refractivity contribution in [1.29, 1.82) is 5.26 Å². The molecule has 0 aliphatic heterocycles. The molecule has 0 fully saturated rings. The first-order valence-electron chi connectivity index (χ1n) is 5.36. The zero-order valence-corrected chi connectivity index (χ0v) is 22.0. The molecule has 0 saturated carbocycles. The molecule has 2 rings (SSSR count). The molecule has 0 radical (unpaired) electrons. The zero-order chi connectivity index (χ0) is 13.1. The summed E-state index contributed by atoms with van der Waals surface area (Å²) in [5.74, 6) is 1.02. The van der Waals surface area contributed by atoms with Crippen molar-refractivity contribution in [3.8, 4) is 17.6 Å². The molecule has 5 nitrogen and oxygen atoms in total. The maximum atomic E-state index is 8.97. The molecule has 1 aromatic heterocycles. The van der Waals surface area contributed by atoms with Crippen molar-refractivity contribution in [3.05, 3.63) is 35.2 Å². The molecule has 1 heterocycles. The third kappa shape index (κ3) is 4.64. The molecular formula is C13H12N3O2Rb2+. The van der Waals surface area contributed by atoms with E-state index in [4.69, 9.17) is 20.5 Å². The van der Waals surface area contributed by atoms with Gasteiger partial charge in [-0.25, -0.2) is 0 Å². The van der Waals surface area contributed by atoms with Crippen LogP contribution < -0.4 is 126 Å². The Balaban J connectivity index is 0.00000180. The van der Waals surface area contributed by atoms with Crippen LogP contribution in [-0.2, 0) is 0 Å². The minimum absolute atomic E-state index is 0. The quantitative estimate of drug-likeness (QED) is 0.532. The molecule has 0 aliphatic carbocycles. The topological polar surface area (TPSA) is 78.9 Å². The van der Waals surface area contributed by atoms with Gasteiger partial charge in [-0.05, 0) is 25.3 Å². The number of fused-ring (bicyclic) bond motifs is 1. The molecule has 0 bridgehead atoms. The predicted molar refractivity (Wildman–Crippen MR) is 67.6 cm³/mol. The number of nitrogens with zero attached hydrogens (tertiary/aromatic N) is 2. The van der Waals surface area contributed by atoms with Gasteiger partial charge in [-0.1, -0.05) is 0 Å². The summed E-state index contributed by atoms with van der Waals surface area (Å²) in [5.41, 5.74) is 9.20. The largest absolute Gasteiger partial charge is 1.00 e. The van der Waals surface area contributed by atoms with Crippen LogP contribution in [-0.4, -0.2) is 18.8 Å². The van der Waals surface area contributed by atoms with Gasteiger partial charge in [0.2, 0.25) is 0 Å². The Bertz CT molecular complexity index is 642. The van der Waals surface area contributed by atoms with Gasteiger partial charge in [0, 0.05) is 17.6 Å². The van der Waals surface area contributed by atoms with Gasteiger partial charge in [0.1, 0.15) is 6.07 Å². The Labute approximate surface area is 215 Å². The molecule has 1 aromatic carbocycles. The maximum Gasteiger partial charge on any atom is 1.00 e. The van der Waals surface area contributed by atoms with Crippen molar-refractivity contribution in [2.24, 2.45) is 0 Å². The van der Waals surface area contributed by atoms with Gasteiger partial charge in [-0.2, -0.15) is 5.26 Å². The van der Waals surface area contributed by atoms with Crippen molar-refractivity contribution in [2.75, 3.05) is 13.8 Å². The molecule has 0 atom stereocenters. The van der Waals surface area contributed by atoms with Crippen LogP contribution in [0.15, 0.2) is 18.3 Å². The summed E-state index contributed by atoms with van der Waals surface area (Å²) in [4.78, 5) is 4.21. The van der Waals surface area contributed by atoms with E-state index < -0.39 is 0 Å². The van der Waals surface area contributed by atoms with E-state index in [0.717, 1.165) is 16.5 Å². The van der Waals surface area contributed by atoms with E-state index in [9.17, 15) is 0 Å². The van der Waals surface area contributed by atoms with E-state index in [1.165, 1.54) is 13.3 Å². The second kappa shape index (κ2) is 10.1. The van der Waals surface area contributed by atoms with Crippen LogP contribution in [0.5, 0.6) is 11.5 Å². The van der Waals surface area contributed by atoms with Crippen LogP contribution in [0.3, 0.4) is 0 Å². The first-order chi connectivity index (χ1) is 8.71. The molecule has 7 heteroatoms. The molecule has 92 valence electrons. The normalized spacial score (nSPS) is 9.10. The number of methoxy groups -OCH3 is 1. The minimum Gasteiger partial charge on any atom is -0.644 e. The molecule has 0 amide bonds. The number of nitriles is 1. The first kappa shape index (κ1) is 21.3. The smallest absolute Gasteiger partial charge is 0.644 e. The van der Waals surface area contributed by atoms with E-state index in [-0.39, 0.29) is 123 Å². The Morgan fingerprint density at radius 3 is 2.55 bits per heavy atom. The van der Waals surface area contributed by atoms with Crippen LogP contribution in [0.25, 0.3) is 16.6 Å². The fourth-order valence-corrected chi connectivity index (χ4v) is 1.80. The molecule has 20 heavy (non-hydrogen) atoms. The monoisotopic (exact) mass is 412 g/mol. The fraction of sp³-hybridized carbons (Fsp3) is 0.231. The number of ether oxygens (including phenoxy) is 2. The van der Waals surface area contributed by atoms with Gasteiger partial charge in [-0.15, -0.1) is 0 Å². The summed E-state index contributed by atoms with van der Waals surface area (Å²) in [6, 6.07) is 5.60. The second-order valence-electron chi connectivity index (χ2n) is 3.72. The molecule has 1 N–H and O–H groups in total. The number of pyridine rings is 1. The van der Waals surface area contributed by atoms with E-state index >= 15 is 0 Å². The summed E-state index contributed by atoms with van der Waals surface area (Å²) in [6.45, 7) is 1.68. The summed E-state index contributed by atoms with van der Waals surface area (Å²) in [7, 11) is 1.54. The summed E-state index contributed by atoms with van der Waals surface area (Å²) >= 11 is 0. The third-order valence-electron chi connectivity index (χ3n) is 2.77. The molecular weight excluding hydrogens is 401 g/mol. The molecule has 2 aromatic rings. The number of nitrogens with one attached hydrogen (secondary N) is 1. The van der Waals surface area contributed by atoms with Crippen molar-refractivity contribution in [1.82, 2.24) is 4.98 Å². The Hall–Kier alpha value is 1.29. The average Bonchev–Trinajstić information content (AvgIpc) is 2.39. The number of hydrogen-bond donors (Lipinski definition) is 0. The predicted octanol–water partition coefficient (Wildman–Crippen LogP) is -3.18. The number of hydrogen-bond acceptors (Lipinski definition) is 4. The van der Waals surface area contributed by atoms with E-state index in [2.05, 4.69) is 11.1 Å². The average molecular weight is 413 g/mol. The van der Waals surface area contributed by atoms with Gasteiger partial charge in [-0.3, -0.25) is 4.98 Å². The Morgan fingerprint density at radius 2 is 2.00 bits per heavy atom. The summed E-state index contributed by atoms with van der Waals surface area (Å²) < 4.78 is 10.4. The minimum atomic E-state index is -0.183. The van der Waals surface area contributed by atoms with Crippen molar-refractivity contribution in [3.63, 3.8) is 0 Å². The first-order valence-corrected chi connectivity index (χ1v) is 5.36. The Kier molecular flexibility index (Phi) is 10.8. The van der Waals surface area contributed by atoms with Crippen LogP contribution in [0.4, 0.5) is 0 Å². The standard InChI is InChI=1S/C13H12N3O2.2Rb/c1-8-9(5-14)6-16-11-4-13(18-7-15)12(17-2)3-10(8)11;;/h3-4,6,15H,7H2,1-2H3;;/q-1;2*+1. The molecule has 0 aliphatic rings. The van der Waals surface area contributed by atoms with Crippen LogP contribution in [0, 0.1) is 18.3 Å². The van der Waals surface area contributed by atoms with Crippen LogP contribution in [0.2, 0.25) is 0 Å². The van der Waals surface area contributed by atoms with Crippen LogP contribution >= 0.6 is 0 Å². The van der Waals surface area contributed by atoms with Gasteiger partial charge in [0.25, 0.3) is 0 Å². The Morgan fingerprint density at radius 1 is 1.30 bits per heavy atom. The van der Waals surface area contributed by atoms with E-state index in [0.29, 0.717) is 17.1 Å². The van der Waals surface area contributed by atoms with Gasteiger partial charge >= 0.3 is 116 Å². The van der Waals surface area contributed by atoms with Crippen molar-refractivity contribution in [2.45, 2.75) is 6.92 Å². The number of rotatable bonds is 3.